The molecular weight excluding hydrogens is 278 g/mol. The fraction of sp³-hybridized carbons (Fsp3) is 0.0909. The van der Waals surface area contributed by atoms with Crippen molar-refractivity contribution in [2.45, 2.75) is 13.8 Å². The molecule has 0 radical (unpaired) electrons. The van der Waals surface area contributed by atoms with Gasteiger partial charge in [-0.1, -0.05) is 54.6 Å². The van der Waals surface area contributed by atoms with Crippen LogP contribution in [0.2, 0.25) is 0 Å². The van der Waals surface area contributed by atoms with Crippen LogP contribution in [-0.2, 0) is 0 Å². The fourth-order valence-electron chi connectivity index (χ4n) is 3.16. The zero-order chi connectivity index (χ0) is 15.8. The normalized spacial score (nSPS) is 11.0. The standard InChI is InChI=1S/C22H19N/c1-15-8-9-16(2)20-14-18(10-11-19(15)20)22-13-12-21(23-22)17-6-4-3-5-7-17/h3-14,23H,1-2H3. The van der Waals surface area contributed by atoms with Gasteiger partial charge in [-0.3, -0.25) is 0 Å². The van der Waals surface area contributed by atoms with E-state index in [2.05, 4.69) is 85.6 Å². The van der Waals surface area contributed by atoms with Gasteiger partial charge in [0.15, 0.2) is 0 Å². The van der Waals surface area contributed by atoms with E-state index in [9.17, 15) is 0 Å². The lowest BCUT2D eigenvalue weighted by molar-refractivity contribution is 1.39. The molecule has 1 aromatic heterocycles. The number of nitrogens with one attached hydrogen (secondary N) is 1. The van der Waals surface area contributed by atoms with Gasteiger partial charge in [0.05, 0.1) is 0 Å². The van der Waals surface area contributed by atoms with Crippen LogP contribution >= 0.6 is 0 Å². The highest BCUT2D eigenvalue weighted by Gasteiger charge is 2.06. The molecule has 23 heavy (non-hydrogen) atoms. The molecule has 1 nitrogen and oxygen atoms in total. The number of aromatic nitrogens is 1. The molecule has 1 N–H and O–H groups in total. The number of H-pyrrole nitrogens is 1. The maximum Gasteiger partial charge on any atom is 0.0458 e. The third kappa shape index (κ3) is 2.44. The number of aryl methyl sites for hydroxylation is 2. The molecule has 1 heterocycles. The summed E-state index contributed by atoms with van der Waals surface area (Å²) in [5, 5.41) is 2.67. The van der Waals surface area contributed by atoms with Crippen molar-refractivity contribution in [2.75, 3.05) is 0 Å². The molecule has 4 rings (SSSR count). The third-order valence-electron chi connectivity index (χ3n) is 4.53. The van der Waals surface area contributed by atoms with Crippen molar-refractivity contribution in [3.63, 3.8) is 0 Å². The number of hydrogen-bond donors (Lipinski definition) is 1. The van der Waals surface area contributed by atoms with Crippen LogP contribution in [0.5, 0.6) is 0 Å². The lowest BCUT2D eigenvalue weighted by atomic mass is 9.98. The van der Waals surface area contributed by atoms with Crippen molar-refractivity contribution in [1.29, 1.82) is 0 Å². The highest BCUT2D eigenvalue weighted by molar-refractivity contribution is 5.92. The zero-order valence-corrected chi connectivity index (χ0v) is 13.4. The van der Waals surface area contributed by atoms with Gasteiger partial charge in [-0.05, 0) is 65.1 Å². The average Bonchev–Trinajstić information content (AvgIpc) is 3.09. The Morgan fingerprint density at radius 3 is 1.96 bits per heavy atom. The Morgan fingerprint density at radius 1 is 0.565 bits per heavy atom. The molecule has 0 saturated carbocycles. The van der Waals surface area contributed by atoms with E-state index in [0.717, 1.165) is 11.4 Å². The first kappa shape index (κ1) is 13.8. The third-order valence-corrected chi connectivity index (χ3v) is 4.53. The lowest BCUT2D eigenvalue weighted by Gasteiger charge is -2.08. The summed E-state index contributed by atoms with van der Waals surface area (Å²) in [4.78, 5) is 3.54. The molecule has 1 heteroatoms. The summed E-state index contributed by atoms with van der Waals surface area (Å²) in [6.07, 6.45) is 0. The molecule has 0 aliphatic rings. The summed E-state index contributed by atoms with van der Waals surface area (Å²) in [6, 6.07) is 25.9. The van der Waals surface area contributed by atoms with E-state index in [1.807, 2.05) is 6.07 Å². The van der Waals surface area contributed by atoms with Gasteiger partial charge >= 0.3 is 0 Å². The topological polar surface area (TPSA) is 15.8 Å². The quantitative estimate of drug-likeness (QED) is 0.459. The fourth-order valence-corrected chi connectivity index (χ4v) is 3.16. The van der Waals surface area contributed by atoms with Gasteiger partial charge in [0.2, 0.25) is 0 Å². The van der Waals surface area contributed by atoms with Gasteiger partial charge in [0.1, 0.15) is 0 Å². The van der Waals surface area contributed by atoms with Gasteiger partial charge in [0, 0.05) is 11.4 Å². The number of benzene rings is 3. The SMILES string of the molecule is Cc1ccc(C)c2cc(-c3ccc(-c4ccccc4)[nH]3)ccc12. The molecule has 3 aromatic carbocycles. The lowest BCUT2D eigenvalue weighted by Crippen LogP contribution is -1.85. The van der Waals surface area contributed by atoms with Crippen LogP contribution in [0, 0.1) is 13.8 Å². The highest BCUT2D eigenvalue weighted by atomic mass is 14.7. The predicted octanol–water partition coefficient (Wildman–Crippen LogP) is 6.12. The molecule has 0 amide bonds. The molecule has 0 aliphatic heterocycles. The number of rotatable bonds is 2. The summed E-state index contributed by atoms with van der Waals surface area (Å²) >= 11 is 0. The number of fused-ring (bicyclic) bond motifs is 1. The summed E-state index contributed by atoms with van der Waals surface area (Å²) in [5.74, 6) is 0. The van der Waals surface area contributed by atoms with Crippen molar-refractivity contribution in [2.24, 2.45) is 0 Å². The second-order valence-electron chi connectivity index (χ2n) is 6.11. The van der Waals surface area contributed by atoms with Crippen molar-refractivity contribution >= 4 is 10.8 Å². The Kier molecular flexibility index (Phi) is 3.27. The molecule has 0 fully saturated rings. The summed E-state index contributed by atoms with van der Waals surface area (Å²) in [7, 11) is 0. The minimum absolute atomic E-state index is 1.15. The van der Waals surface area contributed by atoms with E-state index >= 15 is 0 Å². The molecule has 0 bridgehead atoms. The summed E-state index contributed by atoms with van der Waals surface area (Å²) in [5.41, 5.74) is 7.41. The number of aromatic amines is 1. The Morgan fingerprint density at radius 2 is 1.22 bits per heavy atom. The molecule has 0 spiro atoms. The van der Waals surface area contributed by atoms with Crippen LogP contribution in [0.1, 0.15) is 11.1 Å². The van der Waals surface area contributed by atoms with Crippen molar-refractivity contribution in [3.8, 4) is 22.5 Å². The van der Waals surface area contributed by atoms with E-state index in [1.165, 1.54) is 33.0 Å². The van der Waals surface area contributed by atoms with E-state index in [-0.39, 0.29) is 0 Å². The highest BCUT2D eigenvalue weighted by Crippen LogP contribution is 2.29. The second-order valence-corrected chi connectivity index (χ2v) is 6.11. The van der Waals surface area contributed by atoms with E-state index in [1.54, 1.807) is 0 Å². The smallest absolute Gasteiger partial charge is 0.0458 e. The Balaban J connectivity index is 1.81. The molecule has 0 unspecified atom stereocenters. The van der Waals surface area contributed by atoms with Crippen LogP contribution < -0.4 is 0 Å². The first-order valence-electron chi connectivity index (χ1n) is 7.97. The molecule has 112 valence electrons. The largest absolute Gasteiger partial charge is 0.355 e. The summed E-state index contributed by atoms with van der Waals surface area (Å²) < 4.78 is 0. The minimum atomic E-state index is 1.15. The van der Waals surface area contributed by atoms with Crippen LogP contribution in [0.25, 0.3) is 33.3 Å². The molecule has 0 atom stereocenters. The molecule has 4 aromatic rings. The van der Waals surface area contributed by atoms with Crippen molar-refractivity contribution in [1.82, 2.24) is 4.98 Å². The monoisotopic (exact) mass is 297 g/mol. The van der Waals surface area contributed by atoms with Crippen LogP contribution in [-0.4, -0.2) is 4.98 Å². The Labute approximate surface area is 136 Å². The first-order valence-corrected chi connectivity index (χ1v) is 7.97. The molecular formula is C22H19N. The van der Waals surface area contributed by atoms with Gasteiger partial charge in [-0.25, -0.2) is 0 Å². The van der Waals surface area contributed by atoms with Gasteiger partial charge in [0.25, 0.3) is 0 Å². The van der Waals surface area contributed by atoms with E-state index < -0.39 is 0 Å². The maximum absolute atomic E-state index is 3.54. The van der Waals surface area contributed by atoms with Crippen LogP contribution in [0.3, 0.4) is 0 Å². The number of hydrogen-bond acceptors (Lipinski definition) is 0. The van der Waals surface area contributed by atoms with Gasteiger partial charge < -0.3 is 4.98 Å². The molecule has 0 saturated heterocycles. The molecule has 0 aliphatic carbocycles. The van der Waals surface area contributed by atoms with E-state index in [0.29, 0.717) is 0 Å². The predicted molar refractivity (Wildman–Crippen MR) is 98.6 cm³/mol. The van der Waals surface area contributed by atoms with Gasteiger partial charge in [-0.15, -0.1) is 0 Å². The van der Waals surface area contributed by atoms with Crippen molar-refractivity contribution < 1.29 is 0 Å². The zero-order valence-electron chi connectivity index (χ0n) is 13.4. The summed E-state index contributed by atoms with van der Waals surface area (Å²) in [6.45, 7) is 4.35. The van der Waals surface area contributed by atoms with Gasteiger partial charge in [-0.2, -0.15) is 0 Å². The van der Waals surface area contributed by atoms with E-state index in [4.69, 9.17) is 0 Å². The Hall–Kier alpha value is -2.80. The minimum Gasteiger partial charge on any atom is -0.355 e. The second kappa shape index (κ2) is 5.44. The van der Waals surface area contributed by atoms with Crippen LogP contribution in [0.15, 0.2) is 72.8 Å². The average molecular weight is 297 g/mol. The maximum atomic E-state index is 3.54. The Bertz CT molecular complexity index is 977. The van der Waals surface area contributed by atoms with Crippen LogP contribution in [0.4, 0.5) is 0 Å². The van der Waals surface area contributed by atoms with Crippen molar-refractivity contribution in [3.05, 3.63) is 83.9 Å². The first-order chi connectivity index (χ1) is 11.2.